The second-order valence-corrected chi connectivity index (χ2v) is 34.2. The Morgan fingerprint density at radius 2 is 0.726 bits per heavy atom. The van der Waals surface area contributed by atoms with Gasteiger partial charge in [0.15, 0.2) is 0 Å². The summed E-state index contributed by atoms with van der Waals surface area (Å²) in [7, 11) is 10.1. The summed E-state index contributed by atoms with van der Waals surface area (Å²) in [4.78, 5) is 21.0. The highest BCUT2D eigenvalue weighted by Crippen LogP contribution is 2.08. The number of nitrogens with zero attached hydrogens (tertiary/aromatic N) is 1. The van der Waals surface area contributed by atoms with Crippen molar-refractivity contribution in [2.75, 3.05) is 122 Å². The van der Waals surface area contributed by atoms with Crippen LogP contribution in [0.5, 0.6) is 0 Å². The number of hydrogen-bond acceptors (Lipinski definition) is 15. The molecule has 0 aliphatic heterocycles. The lowest BCUT2D eigenvalue weighted by atomic mass is 10.0. The van der Waals surface area contributed by atoms with Crippen molar-refractivity contribution in [1.29, 1.82) is 0 Å². The second kappa shape index (κ2) is 72.3. The molecule has 0 aliphatic rings. The fourth-order valence-electron chi connectivity index (χ4n) is 0.0833. The van der Waals surface area contributed by atoms with Gasteiger partial charge in [-0.2, -0.15) is 20.2 Å². The zero-order valence-corrected chi connectivity index (χ0v) is 53.4. The molecule has 20 heteroatoms. The molecule has 0 aromatic rings. The molecule has 0 saturated heterocycles. The zero-order valence-electron chi connectivity index (χ0n) is 48.1. The number of ketones is 1. The number of sulfone groups is 1. The summed E-state index contributed by atoms with van der Waals surface area (Å²) in [5.74, 6) is 1.59. The molecule has 0 radical (unpaired) electrons. The third-order valence-electron chi connectivity index (χ3n) is 1.57. The van der Waals surface area contributed by atoms with Gasteiger partial charge in [-0.05, 0) is 91.9 Å². The Morgan fingerprint density at radius 3 is 0.726 bits per heavy atom. The number of hydrogen-bond donors (Lipinski definition) is 1. The predicted octanol–water partition coefficient (Wildman–Crippen LogP) is 9.59. The number of thioether (sulfide) groups is 1. The van der Waals surface area contributed by atoms with Crippen molar-refractivity contribution in [3.05, 3.63) is 0 Å². The molecule has 0 unspecified atom stereocenters. The van der Waals surface area contributed by atoms with E-state index in [0.29, 0.717) is 5.41 Å². The summed E-state index contributed by atoms with van der Waals surface area (Å²) in [6, 6.07) is 0. The minimum absolute atomic E-state index is 0.167. The number of nitrogens with one attached hydrogen (secondary N) is 1. The number of methoxy groups -OCH3 is 2. The van der Waals surface area contributed by atoms with Crippen LogP contribution in [-0.4, -0.2) is 176 Å². The van der Waals surface area contributed by atoms with Crippen LogP contribution in [0.2, 0.25) is 39.3 Å². The molecular formula is C42H114N2O12S4Si2. The molecule has 0 atom stereocenters. The van der Waals surface area contributed by atoms with E-state index in [1.165, 1.54) is 27.9 Å². The van der Waals surface area contributed by atoms with Gasteiger partial charge in [-0.3, -0.25) is 13.2 Å². The van der Waals surface area contributed by atoms with Gasteiger partial charge in [0.25, 0.3) is 10.1 Å². The molecule has 0 heterocycles. The fraction of sp³-hybridized carbons (Fsp3) is 0.952. The van der Waals surface area contributed by atoms with Gasteiger partial charge in [0, 0.05) is 79.3 Å². The molecule has 0 aromatic carbocycles. The number of ether oxygens (including phenoxy) is 2. The first-order valence-corrected chi connectivity index (χ1v) is 34.2. The molecule has 0 aromatic heterocycles. The van der Waals surface area contributed by atoms with Gasteiger partial charge in [-0.15, -0.1) is 0 Å². The minimum Gasteiger partial charge on any atom is -0.469 e. The average molecular weight is 1020 g/mol. The Kier molecular flexibility index (Phi) is 117. The quantitative estimate of drug-likeness (QED) is 0.160. The van der Waals surface area contributed by atoms with Crippen molar-refractivity contribution in [3.63, 3.8) is 0 Å². The van der Waals surface area contributed by atoms with Gasteiger partial charge in [0.2, 0.25) is 0 Å². The molecule has 14 nitrogen and oxygen atoms in total. The van der Waals surface area contributed by atoms with E-state index in [4.69, 9.17) is 8.85 Å². The molecule has 1 N–H and O–H groups in total. The molecule has 0 fully saturated rings. The molecule has 0 spiro atoms. The van der Waals surface area contributed by atoms with Gasteiger partial charge in [0.05, 0.1) is 20.5 Å². The molecule has 0 bridgehead atoms. The predicted molar refractivity (Wildman–Crippen MR) is 290 cm³/mol. The van der Waals surface area contributed by atoms with Crippen molar-refractivity contribution >= 4 is 70.9 Å². The van der Waals surface area contributed by atoms with E-state index in [9.17, 15) is 30.6 Å². The summed E-state index contributed by atoms with van der Waals surface area (Å²) in [6.07, 6.45) is 10.7. The van der Waals surface area contributed by atoms with Gasteiger partial charge in [-0.1, -0.05) is 95.4 Å². The van der Waals surface area contributed by atoms with Crippen LogP contribution in [0.25, 0.3) is 0 Å². The topological polar surface area (TPSA) is 181 Å². The van der Waals surface area contributed by atoms with E-state index in [0.717, 1.165) is 37.7 Å². The maximum atomic E-state index is 9.78. The highest BCUT2D eigenvalue weighted by Gasteiger charge is 2.19. The third kappa shape index (κ3) is 1790. The Morgan fingerprint density at radius 1 is 0.661 bits per heavy atom. The monoisotopic (exact) mass is 1020 g/mol. The van der Waals surface area contributed by atoms with Gasteiger partial charge in [0.1, 0.15) is 15.6 Å². The summed E-state index contributed by atoms with van der Waals surface area (Å²) < 4.78 is 70.7. The number of rotatable bonds is 3. The molecule has 0 amide bonds. The number of carbonyl (C=O) groups is 2. The lowest BCUT2D eigenvalue weighted by Crippen LogP contribution is -2.31. The molecule has 0 rings (SSSR count). The van der Waals surface area contributed by atoms with Crippen molar-refractivity contribution in [1.82, 2.24) is 10.2 Å². The average Bonchev–Trinajstić information content (AvgIpc) is 2.95. The van der Waals surface area contributed by atoms with Gasteiger partial charge in [-0.25, -0.2) is 8.42 Å². The number of carbonyl (C=O) groups excluding carboxylic acids is 2. The Balaban J connectivity index is -0.0000000336. The smallest absolute Gasteiger partial charge is 0.331 e. The van der Waals surface area contributed by atoms with E-state index in [-0.39, 0.29) is 11.8 Å². The maximum absolute atomic E-state index is 9.78. The normalized spacial score (nSPS) is 9.50. The Hall–Kier alpha value is -0.266. The van der Waals surface area contributed by atoms with Crippen LogP contribution in [0.3, 0.4) is 0 Å². The fourth-order valence-corrected chi connectivity index (χ4v) is 0.250. The first-order valence-electron chi connectivity index (χ1n) is 19.6. The lowest BCUT2D eigenvalue weighted by Gasteiger charge is -2.15. The van der Waals surface area contributed by atoms with Crippen LogP contribution in [0.1, 0.15) is 90.0 Å². The van der Waals surface area contributed by atoms with Crippen LogP contribution in [0.15, 0.2) is 0 Å². The molecular weight excluding hydrogens is 909 g/mol. The lowest BCUT2D eigenvalue weighted by molar-refractivity contribution is -0.138. The summed E-state index contributed by atoms with van der Waals surface area (Å²) in [6.45, 7) is 39.5. The van der Waals surface area contributed by atoms with Crippen molar-refractivity contribution in [2.24, 2.45) is 17.3 Å². The minimum atomic E-state index is -3.16. The van der Waals surface area contributed by atoms with E-state index in [2.05, 4.69) is 114 Å². The first-order chi connectivity index (χ1) is 26.9. The third-order valence-corrected chi connectivity index (χ3v) is 4.15. The summed E-state index contributed by atoms with van der Waals surface area (Å²) >= 11 is 1.75. The highest BCUT2D eigenvalue weighted by atomic mass is 32.2. The van der Waals surface area contributed by atoms with Gasteiger partial charge >= 0.3 is 14.5 Å². The number of Topliss-reactive ketones (excluding diaryl/α,β-unsaturated/α-hetero) is 1. The summed E-state index contributed by atoms with van der Waals surface area (Å²) in [5.41, 5.74) is 0.500. The highest BCUT2D eigenvalue weighted by molar-refractivity contribution is 7.97. The molecule has 396 valence electrons. The van der Waals surface area contributed by atoms with E-state index >= 15 is 0 Å². The Bertz CT molecular complexity index is 952. The van der Waals surface area contributed by atoms with Crippen LogP contribution >= 0.6 is 11.8 Å². The van der Waals surface area contributed by atoms with Crippen LogP contribution in [0.4, 0.5) is 0 Å². The van der Waals surface area contributed by atoms with E-state index in [1.807, 2.05) is 65.7 Å². The van der Waals surface area contributed by atoms with Crippen LogP contribution < -0.4 is 5.32 Å². The van der Waals surface area contributed by atoms with Crippen molar-refractivity contribution in [2.45, 2.75) is 129 Å². The van der Waals surface area contributed by atoms with Gasteiger partial charge < -0.3 is 33.3 Å². The standard InChI is InChI=1S/C5H12.C4H12O2Si.C4H12Si.2C4H10.C3H9N.C3H6O2.C3H6O.C2H7N.C2H6O3S.C2H6O2S.C2H6OS.C2H6O.C2H6S/c1-5(2,3)4;1-5-7(3,4)6-2;1-5(2,3)4;3*1-4(2)3;1-3(4)5-2;1-3(2)4;1-3-2;1-5-6(2,3)4;1-5(2,3)4;1-4(2)3;2*1-3-2/h1-4H3;1-4H3;1-4H3;2*4H,1-3H3;1-3H3;1-2H3;1-2H3;3H,1-2H3;1-2H3;1-2H3;1-2H3;2*1-2H3. The van der Waals surface area contributed by atoms with Crippen molar-refractivity contribution in [3.8, 4) is 0 Å². The first kappa shape index (κ1) is 99.9. The summed E-state index contributed by atoms with van der Waals surface area (Å²) in [5, 5.41) is 2.75. The van der Waals surface area contributed by atoms with E-state index < -0.39 is 47.4 Å². The molecule has 0 aliphatic carbocycles. The van der Waals surface area contributed by atoms with E-state index in [1.54, 1.807) is 52.7 Å². The molecule has 0 saturated carbocycles. The van der Waals surface area contributed by atoms with Crippen molar-refractivity contribution < 1.29 is 53.1 Å². The van der Waals surface area contributed by atoms with Crippen LogP contribution in [0, 0.1) is 17.3 Å². The zero-order chi connectivity index (χ0) is 54.9. The Labute approximate surface area is 400 Å². The second-order valence-electron chi connectivity index (χ2n) is 18.3. The maximum Gasteiger partial charge on any atom is 0.331 e. The largest absolute Gasteiger partial charge is 0.469 e. The molecule has 62 heavy (non-hydrogen) atoms. The number of esters is 1. The van der Waals surface area contributed by atoms with Crippen LogP contribution in [-0.2, 0) is 62.9 Å². The SMILES string of the molecule is CC(C)(C)C.CC(C)=O.CC(C)C.CC(C)C.CN(C)C.CNC.COC.COC(C)=O.COS(C)(=O)=O.CO[Si](C)(C)OC.CS(C)(=O)=O.CS(C)=O.CSC.C[Si](C)(C)C.